The number of carbonyl (C=O) groups is 2. The number of halogens is 1. The number of rotatable bonds is 1. The van der Waals surface area contributed by atoms with Crippen molar-refractivity contribution in [2.75, 3.05) is 31.9 Å². The van der Waals surface area contributed by atoms with Crippen LogP contribution < -0.4 is 5.73 Å². The highest BCUT2D eigenvalue weighted by Crippen LogP contribution is 2.24. The molecule has 2 amide bonds. The van der Waals surface area contributed by atoms with Gasteiger partial charge in [-0.25, -0.2) is 0 Å². The highest BCUT2D eigenvalue weighted by molar-refractivity contribution is 6.34. The fraction of sp³-hybridized carbons (Fsp3) is 0.385. The summed E-state index contributed by atoms with van der Waals surface area (Å²) in [4.78, 5) is 27.0. The molecule has 102 valence electrons. The molecule has 19 heavy (non-hydrogen) atoms. The van der Waals surface area contributed by atoms with Gasteiger partial charge < -0.3 is 15.5 Å². The lowest BCUT2D eigenvalue weighted by atomic mass is 10.1. The van der Waals surface area contributed by atoms with Crippen LogP contribution in [-0.4, -0.2) is 47.8 Å². The van der Waals surface area contributed by atoms with Gasteiger partial charge in [-0.3, -0.25) is 9.59 Å². The lowest BCUT2D eigenvalue weighted by molar-refractivity contribution is -0.130. The molecule has 5 nitrogen and oxygen atoms in total. The van der Waals surface area contributed by atoms with E-state index in [1.165, 1.54) is 6.92 Å². The quantitative estimate of drug-likeness (QED) is 0.787. The average molecular weight is 282 g/mol. The van der Waals surface area contributed by atoms with E-state index in [9.17, 15) is 9.59 Å². The first-order chi connectivity index (χ1) is 9.00. The summed E-state index contributed by atoms with van der Waals surface area (Å²) in [5.74, 6) is -0.143. The molecule has 0 atom stereocenters. The van der Waals surface area contributed by atoms with Crippen molar-refractivity contribution in [2.45, 2.75) is 6.92 Å². The number of hydrogen-bond donors (Lipinski definition) is 1. The lowest BCUT2D eigenvalue weighted by Gasteiger charge is -2.34. The Balaban J connectivity index is 2.12. The van der Waals surface area contributed by atoms with Crippen LogP contribution in [0.5, 0.6) is 0 Å². The van der Waals surface area contributed by atoms with E-state index in [2.05, 4.69) is 0 Å². The van der Waals surface area contributed by atoms with E-state index in [1.54, 1.807) is 28.0 Å². The van der Waals surface area contributed by atoms with Crippen molar-refractivity contribution < 1.29 is 9.59 Å². The summed E-state index contributed by atoms with van der Waals surface area (Å²) in [7, 11) is 0. The molecule has 0 radical (unpaired) electrons. The number of amides is 2. The number of nitrogens with two attached hydrogens (primary N) is 1. The Labute approximate surface area is 116 Å². The molecule has 0 aliphatic carbocycles. The summed E-state index contributed by atoms with van der Waals surface area (Å²) in [6.45, 7) is 3.63. The van der Waals surface area contributed by atoms with Crippen LogP contribution in [0.1, 0.15) is 17.3 Å². The maximum atomic E-state index is 12.4. The van der Waals surface area contributed by atoms with Gasteiger partial charge in [-0.05, 0) is 12.1 Å². The lowest BCUT2D eigenvalue weighted by Crippen LogP contribution is -2.50. The van der Waals surface area contributed by atoms with Gasteiger partial charge in [-0.15, -0.1) is 0 Å². The van der Waals surface area contributed by atoms with Gasteiger partial charge in [0.15, 0.2) is 0 Å². The maximum Gasteiger partial charge on any atom is 0.257 e. The van der Waals surface area contributed by atoms with Crippen molar-refractivity contribution in [3.05, 3.63) is 28.8 Å². The van der Waals surface area contributed by atoms with Crippen LogP contribution >= 0.6 is 11.6 Å². The van der Waals surface area contributed by atoms with Gasteiger partial charge in [0.2, 0.25) is 5.91 Å². The first-order valence-electron chi connectivity index (χ1n) is 6.09. The van der Waals surface area contributed by atoms with Crippen LogP contribution in [-0.2, 0) is 4.79 Å². The summed E-state index contributed by atoms with van der Waals surface area (Å²) in [6.07, 6.45) is 0. The molecule has 1 aliphatic rings. The van der Waals surface area contributed by atoms with E-state index in [1.807, 2.05) is 0 Å². The Kier molecular flexibility index (Phi) is 3.95. The topological polar surface area (TPSA) is 66.6 Å². The number of benzene rings is 1. The van der Waals surface area contributed by atoms with Gasteiger partial charge in [-0.1, -0.05) is 17.7 Å². The van der Waals surface area contributed by atoms with E-state index in [-0.39, 0.29) is 11.8 Å². The predicted octanol–water partition coefficient (Wildman–Crippen LogP) is 1.23. The summed E-state index contributed by atoms with van der Waals surface area (Å²) in [5.41, 5.74) is 6.54. The fourth-order valence-electron chi connectivity index (χ4n) is 2.15. The molecule has 1 fully saturated rings. The van der Waals surface area contributed by atoms with Crippen molar-refractivity contribution in [1.29, 1.82) is 0 Å². The Morgan fingerprint density at radius 1 is 1.16 bits per heavy atom. The van der Waals surface area contributed by atoms with E-state index in [4.69, 9.17) is 17.3 Å². The molecule has 1 saturated heterocycles. The number of hydrogen-bond acceptors (Lipinski definition) is 3. The zero-order valence-electron chi connectivity index (χ0n) is 10.7. The van der Waals surface area contributed by atoms with Crippen LogP contribution in [0.4, 0.5) is 5.69 Å². The molecule has 2 rings (SSSR count). The molecule has 0 spiro atoms. The van der Waals surface area contributed by atoms with Crippen LogP contribution in [0, 0.1) is 0 Å². The number of nitrogens with zero attached hydrogens (tertiary/aromatic N) is 2. The van der Waals surface area contributed by atoms with E-state index in [0.29, 0.717) is 42.5 Å². The molecule has 0 saturated carbocycles. The summed E-state index contributed by atoms with van der Waals surface area (Å²) < 4.78 is 0. The Morgan fingerprint density at radius 3 is 2.26 bits per heavy atom. The minimum Gasteiger partial charge on any atom is -0.398 e. The molecule has 0 bridgehead atoms. The van der Waals surface area contributed by atoms with Gasteiger partial charge >= 0.3 is 0 Å². The summed E-state index contributed by atoms with van der Waals surface area (Å²) in [6, 6.07) is 5.02. The zero-order valence-corrected chi connectivity index (χ0v) is 11.5. The van der Waals surface area contributed by atoms with E-state index in [0.717, 1.165) is 0 Å². The first-order valence-corrected chi connectivity index (χ1v) is 6.47. The van der Waals surface area contributed by atoms with E-state index >= 15 is 0 Å². The predicted molar refractivity (Wildman–Crippen MR) is 74.0 cm³/mol. The normalized spacial score (nSPS) is 15.5. The number of anilines is 1. The second-order valence-corrected chi connectivity index (χ2v) is 4.91. The maximum absolute atomic E-state index is 12.4. The van der Waals surface area contributed by atoms with Crippen molar-refractivity contribution in [3.63, 3.8) is 0 Å². The average Bonchev–Trinajstić information content (AvgIpc) is 2.38. The minimum absolute atomic E-state index is 0.0318. The highest BCUT2D eigenvalue weighted by Gasteiger charge is 2.25. The third kappa shape index (κ3) is 2.81. The van der Waals surface area contributed by atoms with Crippen molar-refractivity contribution in [3.8, 4) is 0 Å². The summed E-state index contributed by atoms with van der Waals surface area (Å²) in [5, 5.41) is 0.360. The zero-order chi connectivity index (χ0) is 14.0. The Morgan fingerprint density at radius 2 is 1.74 bits per heavy atom. The molecule has 0 unspecified atom stereocenters. The van der Waals surface area contributed by atoms with Crippen LogP contribution in [0.3, 0.4) is 0 Å². The SMILES string of the molecule is CC(=O)N1CCN(C(=O)c2c(N)cccc2Cl)CC1. The molecule has 1 aromatic rings. The largest absolute Gasteiger partial charge is 0.398 e. The van der Waals surface area contributed by atoms with Crippen molar-refractivity contribution >= 4 is 29.1 Å². The molecular formula is C13H16ClN3O2. The molecule has 2 N–H and O–H groups in total. The molecular weight excluding hydrogens is 266 g/mol. The standard InChI is InChI=1S/C13H16ClN3O2/c1-9(18)16-5-7-17(8-6-16)13(19)12-10(14)3-2-4-11(12)15/h2-4H,5-8,15H2,1H3. The van der Waals surface area contributed by atoms with Gasteiger partial charge in [0.25, 0.3) is 5.91 Å². The van der Waals surface area contributed by atoms with Crippen LogP contribution in [0.25, 0.3) is 0 Å². The minimum atomic E-state index is -0.175. The third-order valence-electron chi connectivity index (χ3n) is 3.27. The molecule has 1 aromatic carbocycles. The highest BCUT2D eigenvalue weighted by atomic mass is 35.5. The van der Waals surface area contributed by atoms with Gasteiger partial charge in [0, 0.05) is 38.8 Å². The van der Waals surface area contributed by atoms with Crippen molar-refractivity contribution in [2.24, 2.45) is 0 Å². The molecule has 1 aliphatic heterocycles. The van der Waals surface area contributed by atoms with E-state index < -0.39 is 0 Å². The molecule has 1 heterocycles. The molecule has 6 heteroatoms. The number of nitrogen functional groups attached to an aromatic ring is 1. The van der Waals surface area contributed by atoms with Gasteiger partial charge in [-0.2, -0.15) is 0 Å². The van der Waals surface area contributed by atoms with Crippen LogP contribution in [0.2, 0.25) is 5.02 Å². The summed E-state index contributed by atoms with van der Waals surface area (Å²) >= 11 is 6.03. The van der Waals surface area contributed by atoms with Gasteiger partial charge in [0.1, 0.15) is 0 Å². The Bertz CT molecular complexity index is 490. The second-order valence-electron chi connectivity index (χ2n) is 4.50. The first kappa shape index (κ1) is 13.7. The Hall–Kier alpha value is -1.75. The van der Waals surface area contributed by atoms with Crippen LogP contribution in [0.15, 0.2) is 18.2 Å². The monoisotopic (exact) mass is 281 g/mol. The number of piperazine rings is 1. The molecule has 0 aromatic heterocycles. The third-order valence-corrected chi connectivity index (χ3v) is 3.59. The van der Waals surface area contributed by atoms with Crippen molar-refractivity contribution in [1.82, 2.24) is 9.80 Å². The van der Waals surface area contributed by atoms with Gasteiger partial charge in [0.05, 0.1) is 10.6 Å². The second kappa shape index (κ2) is 5.48. The number of carbonyl (C=O) groups excluding carboxylic acids is 2. The smallest absolute Gasteiger partial charge is 0.257 e. The fourth-order valence-corrected chi connectivity index (χ4v) is 2.41.